The molecule has 0 amide bonds. The molecule has 220 valence electrons. The van der Waals surface area contributed by atoms with E-state index in [1.807, 2.05) is 0 Å². The number of ether oxygens (including phenoxy) is 2. The number of nitrogens with zero attached hydrogens (tertiary/aromatic N) is 1. The fraction of sp³-hybridized carbons (Fsp3) is 1.00. The van der Waals surface area contributed by atoms with Crippen LogP contribution in [0.2, 0.25) is 0 Å². The van der Waals surface area contributed by atoms with Crippen molar-refractivity contribution in [3.8, 4) is 0 Å². The molecule has 2 rings (SSSR count). The molecule has 20 heteroatoms. The van der Waals surface area contributed by atoms with Crippen molar-refractivity contribution < 1.29 is 84.1 Å². The van der Waals surface area contributed by atoms with E-state index in [1.54, 1.807) is 0 Å². The van der Waals surface area contributed by atoms with Gasteiger partial charge < -0.3 is 9.47 Å². The van der Waals surface area contributed by atoms with Gasteiger partial charge in [-0.25, -0.2) is 22.0 Å². The van der Waals surface area contributed by atoms with Crippen molar-refractivity contribution in [2.24, 2.45) is 0 Å². The Morgan fingerprint density at radius 1 is 0.595 bits per heavy atom. The minimum atomic E-state index is -6.56. The highest BCUT2D eigenvalue weighted by atomic mass is 19.4. The van der Waals surface area contributed by atoms with Crippen LogP contribution >= 0.6 is 0 Å². The van der Waals surface area contributed by atoms with E-state index in [4.69, 9.17) is 0 Å². The van der Waals surface area contributed by atoms with Gasteiger partial charge in [-0.3, -0.25) is 4.90 Å². The molecule has 2 fully saturated rings. The zero-order valence-corrected chi connectivity index (χ0v) is 17.7. The molecule has 0 N–H and O–H groups in total. The summed E-state index contributed by atoms with van der Waals surface area (Å²) in [5.41, 5.74) is -5.63. The fourth-order valence-electron chi connectivity index (χ4n) is 3.86. The Kier molecular flexibility index (Phi) is 8.64. The number of hydrogen-bond donors (Lipinski definition) is 0. The van der Waals surface area contributed by atoms with E-state index in [1.165, 1.54) is 0 Å². The second-order valence-corrected chi connectivity index (χ2v) is 8.38. The van der Waals surface area contributed by atoms with Gasteiger partial charge in [-0.05, 0) is 19.3 Å². The van der Waals surface area contributed by atoms with Crippen LogP contribution in [-0.2, 0) is 9.47 Å². The van der Waals surface area contributed by atoms with Crippen LogP contribution in [0.4, 0.5) is 74.6 Å². The van der Waals surface area contributed by atoms with Gasteiger partial charge in [0.2, 0.25) is 0 Å². The van der Waals surface area contributed by atoms with Gasteiger partial charge in [0, 0.05) is 13.1 Å². The van der Waals surface area contributed by atoms with E-state index < -0.39 is 110 Å². The Balaban J connectivity index is 2.44. The van der Waals surface area contributed by atoms with Crippen LogP contribution in [0.3, 0.4) is 0 Å². The van der Waals surface area contributed by atoms with Crippen LogP contribution in [0.1, 0.15) is 19.3 Å². The first-order valence-corrected chi connectivity index (χ1v) is 10.0. The number of hydrogen-bond acceptors (Lipinski definition) is 3. The lowest BCUT2D eigenvalue weighted by atomic mass is 9.86. The number of morpholine rings is 1. The van der Waals surface area contributed by atoms with Crippen LogP contribution < -0.4 is 0 Å². The minimum absolute atomic E-state index is 0.869. The summed E-state index contributed by atoms with van der Waals surface area (Å²) in [4.78, 5) is -0.869. The minimum Gasteiger partial charge on any atom is -0.365 e. The highest BCUT2D eigenvalue weighted by Gasteiger charge is 2.71. The van der Waals surface area contributed by atoms with Crippen LogP contribution in [-0.4, -0.2) is 91.2 Å². The van der Waals surface area contributed by atoms with Crippen molar-refractivity contribution in [1.82, 2.24) is 4.90 Å². The highest BCUT2D eigenvalue weighted by Crippen LogP contribution is 2.50. The van der Waals surface area contributed by atoms with Gasteiger partial charge in [0.05, 0.1) is 0 Å². The topological polar surface area (TPSA) is 21.7 Å². The Bertz CT molecular complexity index is 756. The summed E-state index contributed by atoms with van der Waals surface area (Å²) in [6.45, 7) is -4.21. The quantitative estimate of drug-likeness (QED) is 0.281. The smallest absolute Gasteiger partial charge is 0.365 e. The lowest BCUT2D eigenvalue weighted by Crippen LogP contribution is -2.69. The Morgan fingerprint density at radius 2 is 1.00 bits per heavy atom. The van der Waals surface area contributed by atoms with E-state index in [0.29, 0.717) is 0 Å². The third kappa shape index (κ3) is 6.47. The van der Waals surface area contributed by atoms with Gasteiger partial charge in [-0.15, -0.1) is 0 Å². The largest absolute Gasteiger partial charge is 0.429 e. The molecule has 0 aliphatic carbocycles. The fourth-order valence-corrected chi connectivity index (χ4v) is 3.86. The van der Waals surface area contributed by atoms with Gasteiger partial charge in [-0.1, -0.05) is 0 Å². The van der Waals surface area contributed by atoms with Crippen molar-refractivity contribution in [2.45, 2.75) is 92.4 Å². The molecule has 0 radical (unpaired) electrons. The summed E-state index contributed by atoms with van der Waals surface area (Å²) in [6.07, 6.45) is -51.4. The molecule has 37 heavy (non-hydrogen) atoms. The standard InChI is InChI=1S/C17H16F17NO2/c18-10(16(29,30)31)13(21,22)7-3-1-2-6(36-7)12(20,17(32,33)34)11(19)35-4-8(14(23,24)25)37-9(5-35)15(26,27)28/h6-11H,1-5H2. The Hall–Kier alpha value is -1.31. The van der Waals surface area contributed by atoms with Crippen LogP contribution in [0.25, 0.3) is 0 Å². The van der Waals surface area contributed by atoms with Crippen LogP contribution in [0.15, 0.2) is 0 Å². The molecule has 7 unspecified atom stereocenters. The second kappa shape index (κ2) is 10.0. The SMILES string of the molecule is FC(C(F)(F)F)C(F)(F)C1CCCC(C(F)(C(F)N2CC(C(F)(F)F)OC(C(F)(F)F)C2)C(F)(F)F)O1. The molecule has 2 heterocycles. The zero-order valence-electron chi connectivity index (χ0n) is 17.7. The van der Waals surface area contributed by atoms with Gasteiger partial charge in [0.1, 0.15) is 12.2 Å². The van der Waals surface area contributed by atoms with E-state index in [0.717, 1.165) is 0 Å². The first-order valence-electron chi connectivity index (χ1n) is 10.0. The molecule has 3 nitrogen and oxygen atoms in total. The summed E-state index contributed by atoms with van der Waals surface area (Å²) in [6, 6.07) is 0. The first kappa shape index (κ1) is 31.9. The molecular weight excluding hydrogens is 573 g/mol. The summed E-state index contributed by atoms with van der Waals surface area (Å²) in [5.74, 6) is -5.61. The molecule has 0 aromatic rings. The Morgan fingerprint density at radius 3 is 1.38 bits per heavy atom. The van der Waals surface area contributed by atoms with Gasteiger partial charge >= 0.3 is 30.6 Å². The van der Waals surface area contributed by atoms with E-state index in [9.17, 15) is 65.9 Å². The first-order chi connectivity index (χ1) is 16.3. The van der Waals surface area contributed by atoms with Gasteiger partial charge in [0.15, 0.2) is 18.5 Å². The molecule has 0 bridgehead atoms. The molecule has 2 aliphatic heterocycles. The molecule has 0 aromatic carbocycles. The molecule has 7 atom stereocenters. The maximum atomic E-state index is 15.4. The van der Waals surface area contributed by atoms with E-state index in [2.05, 4.69) is 9.47 Å². The summed E-state index contributed by atoms with van der Waals surface area (Å²) in [5, 5.41) is 0. The van der Waals surface area contributed by atoms with Crippen LogP contribution in [0.5, 0.6) is 0 Å². The average Bonchev–Trinajstić information content (AvgIpc) is 2.74. The normalized spacial score (nSPS) is 31.1. The number of alkyl halides is 17. The lowest BCUT2D eigenvalue weighted by Gasteiger charge is -2.47. The van der Waals surface area contributed by atoms with Crippen molar-refractivity contribution in [3.05, 3.63) is 0 Å². The zero-order chi connectivity index (χ0) is 29.0. The number of rotatable bonds is 5. The predicted octanol–water partition coefficient (Wildman–Crippen LogP) is 6.22. The van der Waals surface area contributed by atoms with Gasteiger partial charge in [0.25, 0.3) is 11.8 Å². The van der Waals surface area contributed by atoms with Crippen molar-refractivity contribution in [2.75, 3.05) is 13.1 Å². The Labute approximate surface area is 195 Å². The van der Waals surface area contributed by atoms with Crippen molar-refractivity contribution in [3.63, 3.8) is 0 Å². The monoisotopic (exact) mass is 589 g/mol. The molecule has 0 saturated carbocycles. The molecule has 0 spiro atoms. The number of halogens is 17. The van der Waals surface area contributed by atoms with Crippen molar-refractivity contribution >= 4 is 0 Å². The maximum absolute atomic E-state index is 15.4. The molecule has 2 saturated heterocycles. The third-order valence-corrected chi connectivity index (χ3v) is 5.75. The molecule has 0 aromatic heterocycles. The summed E-state index contributed by atoms with van der Waals surface area (Å²) < 4.78 is 236. The van der Waals surface area contributed by atoms with Crippen molar-refractivity contribution in [1.29, 1.82) is 0 Å². The highest BCUT2D eigenvalue weighted by molar-refractivity contribution is 5.05. The lowest BCUT2D eigenvalue weighted by molar-refractivity contribution is -0.349. The molecule has 2 aliphatic rings. The van der Waals surface area contributed by atoms with E-state index >= 15 is 8.78 Å². The average molecular weight is 589 g/mol. The van der Waals surface area contributed by atoms with E-state index in [-0.39, 0.29) is 0 Å². The maximum Gasteiger partial charge on any atom is 0.429 e. The predicted molar refractivity (Wildman–Crippen MR) is 85.5 cm³/mol. The second-order valence-electron chi connectivity index (χ2n) is 8.38. The third-order valence-electron chi connectivity index (χ3n) is 5.75. The van der Waals surface area contributed by atoms with Gasteiger partial charge in [-0.2, -0.15) is 52.7 Å². The summed E-state index contributed by atoms with van der Waals surface area (Å²) in [7, 11) is 0. The van der Waals surface area contributed by atoms with Crippen LogP contribution in [0, 0.1) is 0 Å². The summed E-state index contributed by atoms with van der Waals surface area (Å²) >= 11 is 0. The molecular formula is C17H16F17NO2.